The first-order chi connectivity index (χ1) is 9.49. The first kappa shape index (κ1) is 14.1. The molecule has 2 aromatic carbocycles. The molecule has 0 aromatic heterocycles. The van der Waals surface area contributed by atoms with Crippen molar-refractivity contribution in [2.45, 2.75) is 20.4 Å². The van der Waals surface area contributed by atoms with Gasteiger partial charge in [-0.1, -0.05) is 42.0 Å². The van der Waals surface area contributed by atoms with Crippen LogP contribution in [0.15, 0.2) is 42.5 Å². The van der Waals surface area contributed by atoms with Crippen LogP contribution in [0.1, 0.15) is 27.0 Å². The molecular formula is C17H20N2O. The lowest BCUT2D eigenvalue weighted by Crippen LogP contribution is -2.27. The van der Waals surface area contributed by atoms with E-state index in [0.717, 1.165) is 11.1 Å². The number of benzene rings is 2. The maximum Gasteiger partial charge on any atom is 0.256 e. The van der Waals surface area contributed by atoms with Crippen molar-refractivity contribution in [2.75, 3.05) is 12.8 Å². The zero-order chi connectivity index (χ0) is 14.7. The molecule has 2 rings (SSSR count). The van der Waals surface area contributed by atoms with Crippen LogP contribution in [0.3, 0.4) is 0 Å². The lowest BCUT2D eigenvalue weighted by molar-refractivity contribution is 0.0785. The van der Waals surface area contributed by atoms with E-state index in [2.05, 4.69) is 12.1 Å². The number of hydrogen-bond donors (Lipinski definition) is 1. The summed E-state index contributed by atoms with van der Waals surface area (Å²) in [6.07, 6.45) is 0. The second kappa shape index (κ2) is 5.78. The normalized spacial score (nSPS) is 10.3. The lowest BCUT2D eigenvalue weighted by atomic mass is 10.1. The first-order valence-electron chi connectivity index (χ1n) is 6.65. The van der Waals surface area contributed by atoms with Crippen LogP contribution in [-0.4, -0.2) is 17.9 Å². The molecule has 0 aliphatic heterocycles. The topological polar surface area (TPSA) is 46.3 Å². The number of anilines is 1. The van der Waals surface area contributed by atoms with E-state index in [0.29, 0.717) is 17.8 Å². The molecule has 2 aromatic rings. The van der Waals surface area contributed by atoms with E-state index in [1.165, 1.54) is 5.56 Å². The molecule has 0 atom stereocenters. The zero-order valence-electron chi connectivity index (χ0n) is 12.2. The van der Waals surface area contributed by atoms with E-state index in [-0.39, 0.29) is 5.91 Å². The molecule has 20 heavy (non-hydrogen) atoms. The highest BCUT2D eigenvalue weighted by atomic mass is 16.2. The molecule has 3 nitrogen and oxygen atoms in total. The second-order valence-electron chi connectivity index (χ2n) is 5.19. The number of nitrogens with zero attached hydrogens (tertiary/aromatic N) is 1. The van der Waals surface area contributed by atoms with Crippen molar-refractivity contribution in [3.05, 3.63) is 64.7 Å². The Bertz CT molecular complexity index is 597. The summed E-state index contributed by atoms with van der Waals surface area (Å²) in [5, 5.41) is 0. The van der Waals surface area contributed by atoms with E-state index in [1.54, 1.807) is 18.0 Å². The van der Waals surface area contributed by atoms with Crippen LogP contribution in [0.4, 0.5) is 5.69 Å². The van der Waals surface area contributed by atoms with Crippen LogP contribution in [-0.2, 0) is 6.54 Å². The van der Waals surface area contributed by atoms with Gasteiger partial charge in [0.25, 0.3) is 5.91 Å². The van der Waals surface area contributed by atoms with E-state index < -0.39 is 0 Å². The van der Waals surface area contributed by atoms with E-state index in [4.69, 9.17) is 5.73 Å². The minimum atomic E-state index is -0.0406. The van der Waals surface area contributed by atoms with Gasteiger partial charge in [-0.15, -0.1) is 0 Å². The molecule has 0 aliphatic rings. The Kier molecular flexibility index (Phi) is 4.08. The average molecular weight is 268 g/mol. The van der Waals surface area contributed by atoms with Gasteiger partial charge in [0.15, 0.2) is 0 Å². The van der Waals surface area contributed by atoms with E-state index in [1.807, 2.05) is 38.1 Å². The largest absolute Gasteiger partial charge is 0.398 e. The van der Waals surface area contributed by atoms with Gasteiger partial charge in [-0.05, 0) is 31.0 Å². The van der Waals surface area contributed by atoms with Gasteiger partial charge in [0, 0.05) is 19.3 Å². The monoisotopic (exact) mass is 268 g/mol. The second-order valence-corrected chi connectivity index (χ2v) is 5.19. The van der Waals surface area contributed by atoms with Crippen LogP contribution in [0, 0.1) is 13.8 Å². The number of hydrogen-bond acceptors (Lipinski definition) is 2. The Morgan fingerprint density at radius 2 is 1.75 bits per heavy atom. The third kappa shape index (κ3) is 2.99. The Morgan fingerprint density at radius 1 is 1.10 bits per heavy atom. The summed E-state index contributed by atoms with van der Waals surface area (Å²) < 4.78 is 0. The van der Waals surface area contributed by atoms with Crippen LogP contribution in [0.2, 0.25) is 0 Å². The number of nitrogens with two attached hydrogens (primary N) is 1. The van der Waals surface area contributed by atoms with Gasteiger partial charge in [0.05, 0.1) is 5.56 Å². The van der Waals surface area contributed by atoms with Crippen molar-refractivity contribution in [2.24, 2.45) is 0 Å². The van der Waals surface area contributed by atoms with Gasteiger partial charge in [-0.25, -0.2) is 0 Å². The SMILES string of the molecule is Cc1ccc(CN(C)C(=O)c2c(C)cccc2N)cc1. The fourth-order valence-electron chi connectivity index (χ4n) is 2.21. The smallest absolute Gasteiger partial charge is 0.256 e. The molecule has 0 radical (unpaired) electrons. The molecule has 0 saturated heterocycles. The maximum absolute atomic E-state index is 12.5. The zero-order valence-corrected chi connectivity index (χ0v) is 12.2. The summed E-state index contributed by atoms with van der Waals surface area (Å²) in [7, 11) is 1.80. The highest BCUT2D eigenvalue weighted by Crippen LogP contribution is 2.19. The predicted octanol–water partition coefficient (Wildman–Crippen LogP) is 3.16. The fourth-order valence-corrected chi connectivity index (χ4v) is 2.21. The molecular weight excluding hydrogens is 248 g/mol. The fraction of sp³-hybridized carbons (Fsp3) is 0.235. The Balaban J connectivity index is 2.18. The molecule has 0 fully saturated rings. The summed E-state index contributed by atoms with van der Waals surface area (Å²) in [6, 6.07) is 13.7. The van der Waals surface area contributed by atoms with Gasteiger partial charge < -0.3 is 10.6 Å². The molecule has 0 unspecified atom stereocenters. The third-order valence-electron chi connectivity index (χ3n) is 3.41. The molecule has 0 spiro atoms. The average Bonchev–Trinajstić information content (AvgIpc) is 2.41. The Morgan fingerprint density at radius 3 is 2.35 bits per heavy atom. The molecule has 3 heteroatoms. The third-order valence-corrected chi connectivity index (χ3v) is 3.41. The first-order valence-corrected chi connectivity index (χ1v) is 6.65. The van der Waals surface area contributed by atoms with Crippen molar-refractivity contribution in [1.29, 1.82) is 0 Å². The standard InChI is InChI=1S/C17H20N2O/c1-12-7-9-14(10-8-12)11-19(3)17(20)16-13(2)5-4-6-15(16)18/h4-10H,11,18H2,1-3H3. The van der Waals surface area contributed by atoms with Crippen LogP contribution in [0.5, 0.6) is 0 Å². The lowest BCUT2D eigenvalue weighted by Gasteiger charge is -2.19. The number of amides is 1. The van der Waals surface area contributed by atoms with Gasteiger partial charge in [-0.3, -0.25) is 4.79 Å². The Labute approximate surface area is 120 Å². The van der Waals surface area contributed by atoms with E-state index in [9.17, 15) is 4.79 Å². The maximum atomic E-state index is 12.5. The molecule has 1 amide bonds. The minimum absolute atomic E-state index is 0.0406. The van der Waals surface area contributed by atoms with Gasteiger partial charge >= 0.3 is 0 Å². The summed E-state index contributed by atoms with van der Waals surface area (Å²) >= 11 is 0. The quantitative estimate of drug-likeness (QED) is 0.869. The van der Waals surface area contributed by atoms with Gasteiger partial charge in [-0.2, -0.15) is 0 Å². The van der Waals surface area contributed by atoms with E-state index >= 15 is 0 Å². The molecule has 0 bridgehead atoms. The molecule has 2 N–H and O–H groups in total. The van der Waals surface area contributed by atoms with Crippen molar-refractivity contribution >= 4 is 11.6 Å². The van der Waals surface area contributed by atoms with Crippen LogP contribution >= 0.6 is 0 Å². The summed E-state index contributed by atoms with van der Waals surface area (Å²) in [5.74, 6) is -0.0406. The highest BCUT2D eigenvalue weighted by molar-refractivity contribution is 6.00. The number of nitrogen functional groups attached to an aromatic ring is 1. The molecule has 104 valence electrons. The minimum Gasteiger partial charge on any atom is -0.398 e. The number of carbonyl (C=O) groups excluding carboxylic acids is 1. The predicted molar refractivity (Wildman–Crippen MR) is 82.6 cm³/mol. The number of carbonyl (C=O) groups is 1. The number of rotatable bonds is 3. The van der Waals surface area contributed by atoms with Crippen molar-refractivity contribution in [3.63, 3.8) is 0 Å². The highest BCUT2D eigenvalue weighted by Gasteiger charge is 2.16. The molecule has 0 aliphatic carbocycles. The van der Waals surface area contributed by atoms with Crippen LogP contribution in [0.25, 0.3) is 0 Å². The van der Waals surface area contributed by atoms with Crippen LogP contribution < -0.4 is 5.73 Å². The Hall–Kier alpha value is -2.29. The summed E-state index contributed by atoms with van der Waals surface area (Å²) in [5.41, 5.74) is 10.3. The van der Waals surface area contributed by atoms with Crippen molar-refractivity contribution in [1.82, 2.24) is 4.90 Å². The van der Waals surface area contributed by atoms with Gasteiger partial charge in [0.2, 0.25) is 0 Å². The molecule has 0 heterocycles. The number of aryl methyl sites for hydroxylation is 2. The van der Waals surface area contributed by atoms with Crippen molar-refractivity contribution < 1.29 is 4.79 Å². The van der Waals surface area contributed by atoms with Gasteiger partial charge in [0.1, 0.15) is 0 Å². The molecule has 0 saturated carbocycles. The summed E-state index contributed by atoms with van der Waals surface area (Å²) in [4.78, 5) is 14.2. The van der Waals surface area contributed by atoms with Crippen molar-refractivity contribution in [3.8, 4) is 0 Å². The summed E-state index contributed by atoms with van der Waals surface area (Å²) in [6.45, 7) is 4.53.